The molecule has 1 aliphatic rings. The molecule has 1 aliphatic heterocycles. The van der Waals surface area contributed by atoms with Crippen molar-refractivity contribution in [1.82, 2.24) is 29.7 Å². The van der Waals surface area contributed by atoms with Crippen LogP contribution in [-0.4, -0.2) is 47.9 Å². The Kier molecular flexibility index (Phi) is 4.95. The first-order valence-electron chi connectivity index (χ1n) is 8.25. The number of nitrogens with zero attached hydrogens (tertiary/aromatic N) is 6. The van der Waals surface area contributed by atoms with Crippen molar-refractivity contribution in [1.29, 1.82) is 0 Å². The standard InChI is InChI=1S/C17H15ClN6O2S/c18-12-3-1-4-13(9-12)24-17(19-20-21-24)27-11-16(26)22-7-8-23-14(10-22)5-2-6-15(23)25/h1-6,9H,7-8,10-11H2. The Morgan fingerprint density at radius 1 is 1.19 bits per heavy atom. The van der Waals surface area contributed by atoms with E-state index in [1.54, 1.807) is 32.3 Å². The van der Waals surface area contributed by atoms with Crippen molar-refractivity contribution in [2.75, 3.05) is 12.3 Å². The molecule has 0 fully saturated rings. The molecular weight excluding hydrogens is 388 g/mol. The fourth-order valence-corrected chi connectivity index (χ4v) is 3.90. The fourth-order valence-electron chi connectivity index (χ4n) is 2.92. The van der Waals surface area contributed by atoms with E-state index in [0.717, 1.165) is 11.4 Å². The van der Waals surface area contributed by atoms with Gasteiger partial charge in [0.15, 0.2) is 0 Å². The van der Waals surface area contributed by atoms with Crippen molar-refractivity contribution in [3.63, 3.8) is 0 Å². The summed E-state index contributed by atoms with van der Waals surface area (Å²) in [6, 6.07) is 12.3. The van der Waals surface area contributed by atoms with E-state index in [1.165, 1.54) is 17.8 Å². The molecule has 1 aromatic carbocycles. The Balaban J connectivity index is 1.44. The number of carbonyl (C=O) groups excluding carboxylic acids is 1. The van der Waals surface area contributed by atoms with Gasteiger partial charge in [0.2, 0.25) is 11.1 Å². The van der Waals surface area contributed by atoms with Crippen molar-refractivity contribution >= 4 is 29.3 Å². The topological polar surface area (TPSA) is 85.9 Å². The molecule has 0 radical (unpaired) electrons. The first-order valence-corrected chi connectivity index (χ1v) is 9.62. The second-order valence-corrected chi connectivity index (χ2v) is 7.34. The van der Waals surface area contributed by atoms with Gasteiger partial charge in [-0.25, -0.2) is 0 Å². The van der Waals surface area contributed by atoms with E-state index in [-0.39, 0.29) is 17.2 Å². The van der Waals surface area contributed by atoms with E-state index in [9.17, 15) is 9.59 Å². The molecule has 0 aliphatic carbocycles. The molecule has 0 saturated heterocycles. The summed E-state index contributed by atoms with van der Waals surface area (Å²) in [5, 5.41) is 12.8. The van der Waals surface area contributed by atoms with Crippen molar-refractivity contribution in [2.24, 2.45) is 0 Å². The van der Waals surface area contributed by atoms with E-state index in [0.29, 0.717) is 29.8 Å². The lowest BCUT2D eigenvalue weighted by Crippen LogP contribution is -2.42. The minimum Gasteiger partial charge on any atom is -0.334 e. The second-order valence-electron chi connectivity index (χ2n) is 5.96. The number of pyridine rings is 1. The number of hydrogen-bond donors (Lipinski definition) is 0. The van der Waals surface area contributed by atoms with Gasteiger partial charge < -0.3 is 9.47 Å². The molecule has 3 aromatic rings. The van der Waals surface area contributed by atoms with Gasteiger partial charge in [0.1, 0.15) is 0 Å². The van der Waals surface area contributed by atoms with Crippen LogP contribution in [0.5, 0.6) is 0 Å². The largest absolute Gasteiger partial charge is 0.334 e. The summed E-state index contributed by atoms with van der Waals surface area (Å²) in [4.78, 5) is 26.2. The molecule has 27 heavy (non-hydrogen) atoms. The zero-order valence-corrected chi connectivity index (χ0v) is 15.7. The van der Waals surface area contributed by atoms with E-state index in [1.807, 2.05) is 18.2 Å². The van der Waals surface area contributed by atoms with Crippen LogP contribution in [0.1, 0.15) is 5.69 Å². The summed E-state index contributed by atoms with van der Waals surface area (Å²) in [7, 11) is 0. The summed E-state index contributed by atoms with van der Waals surface area (Å²) in [6.45, 7) is 1.44. The molecule has 1 amide bonds. The normalized spacial score (nSPS) is 13.4. The minimum atomic E-state index is -0.0327. The van der Waals surface area contributed by atoms with Crippen LogP contribution in [0.4, 0.5) is 0 Å². The predicted octanol–water partition coefficient (Wildman–Crippen LogP) is 1.61. The SMILES string of the molecule is O=C(CSc1nnnn1-c1cccc(Cl)c1)N1CCn2c(cccc2=O)C1. The summed E-state index contributed by atoms with van der Waals surface area (Å²) >= 11 is 7.29. The maximum absolute atomic E-state index is 12.6. The lowest BCUT2D eigenvalue weighted by Gasteiger charge is -2.29. The van der Waals surface area contributed by atoms with Crippen molar-refractivity contribution in [3.05, 3.63) is 63.5 Å². The fraction of sp³-hybridized carbons (Fsp3) is 0.235. The molecule has 0 spiro atoms. The van der Waals surface area contributed by atoms with Gasteiger partial charge in [-0.3, -0.25) is 9.59 Å². The first kappa shape index (κ1) is 17.7. The van der Waals surface area contributed by atoms with Crippen molar-refractivity contribution in [3.8, 4) is 5.69 Å². The Hall–Kier alpha value is -2.65. The average molecular weight is 403 g/mol. The molecule has 0 bridgehead atoms. The second kappa shape index (κ2) is 7.53. The summed E-state index contributed by atoms with van der Waals surface area (Å²) in [5.41, 5.74) is 1.54. The third-order valence-corrected chi connectivity index (χ3v) is 5.40. The van der Waals surface area contributed by atoms with E-state index < -0.39 is 0 Å². The van der Waals surface area contributed by atoms with Crippen LogP contribution in [0, 0.1) is 0 Å². The maximum Gasteiger partial charge on any atom is 0.250 e. The quantitative estimate of drug-likeness (QED) is 0.616. The highest BCUT2D eigenvalue weighted by atomic mass is 35.5. The van der Waals surface area contributed by atoms with Crippen molar-refractivity contribution in [2.45, 2.75) is 18.2 Å². The van der Waals surface area contributed by atoms with Crippen LogP contribution in [0.3, 0.4) is 0 Å². The third kappa shape index (κ3) is 3.74. The molecule has 2 aromatic heterocycles. The number of aromatic nitrogens is 5. The number of rotatable bonds is 4. The number of benzene rings is 1. The molecular formula is C17H15ClN6O2S. The Morgan fingerprint density at radius 2 is 2.04 bits per heavy atom. The molecule has 0 atom stereocenters. The van der Waals surface area contributed by atoms with Crippen LogP contribution in [-0.2, 0) is 17.9 Å². The molecule has 138 valence electrons. The number of tetrazole rings is 1. The number of thioether (sulfide) groups is 1. The monoisotopic (exact) mass is 402 g/mol. The van der Waals surface area contributed by atoms with Crippen LogP contribution < -0.4 is 5.56 Å². The van der Waals surface area contributed by atoms with Gasteiger partial charge in [-0.2, -0.15) is 4.68 Å². The van der Waals surface area contributed by atoms with E-state index in [2.05, 4.69) is 15.5 Å². The Labute approximate surface area is 163 Å². The smallest absolute Gasteiger partial charge is 0.250 e. The zero-order valence-electron chi connectivity index (χ0n) is 14.2. The number of hydrogen-bond acceptors (Lipinski definition) is 6. The number of amides is 1. The highest BCUT2D eigenvalue weighted by Gasteiger charge is 2.22. The van der Waals surface area contributed by atoms with Crippen LogP contribution in [0.25, 0.3) is 5.69 Å². The average Bonchev–Trinajstić information content (AvgIpc) is 3.14. The third-order valence-electron chi connectivity index (χ3n) is 4.26. The van der Waals surface area contributed by atoms with Gasteiger partial charge >= 0.3 is 0 Å². The lowest BCUT2D eigenvalue weighted by atomic mass is 10.2. The molecule has 0 N–H and O–H groups in total. The molecule has 3 heterocycles. The summed E-state index contributed by atoms with van der Waals surface area (Å²) in [6.07, 6.45) is 0. The highest BCUT2D eigenvalue weighted by molar-refractivity contribution is 7.99. The van der Waals surface area contributed by atoms with Crippen LogP contribution in [0.15, 0.2) is 52.4 Å². The van der Waals surface area contributed by atoms with Gasteiger partial charge in [0, 0.05) is 29.9 Å². The van der Waals surface area contributed by atoms with Crippen LogP contribution >= 0.6 is 23.4 Å². The minimum absolute atomic E-state index is 0.0248. The molecule has 10 heteroatoms. The zero-order chi connectivity index (χ0) is 18.8. The number of carbonyl (C=O) groups is 1. The van der Waals surface area contributed by atoms with Gasteiger partial charge in [0.25, 0.3) is 5.56 Å². The van der Waals surface area contributed by atoms with Gasteiger partial charge in [-0.1, -0.05) is 35.5 Å². The molecule has 0 saturated carbocycles. The van der Waals surface area contributed by atoms with E-state index >= 15 is 0 Å². The molecule has 4 rings (SSSR count). The maximum atomic E-state index is 12.6. The molecule has 0 unspecified atom stereocenters. The van der Waals surface area contributed by atoms with Crippen LogP contribution in [0.2, 0.25) is 5.02 Å². The summed E-state index contributed by atoms with van der Waals surface area (Å²) < 4.78 is 3.26. The van der Waals surface area contributed by atoms with Gasteiger partial charge in [-0.15, -0.1) is 5.10 Å². The Bertz CT molecular complexity index is 1050. The molecule has 8 nitrogen and oxygen atoms in total. The van der Waals surface area contributed by atoms with Gasteiger partial charge in [0.05, 0.1) is 18.0 Å². The highest BCUT2D eigenvalue weighted by Crippen LogP contribution is 2.21. The van der Waals surface area contributed by atoms with Crippen molar-refractivity contribution < 1.29 is 4.79 Å². The number of fused-ring (bicyclic) bond motifs is 1. The number of halogens is 1. The van der Waals surface area contributed by atoms with Gasteiger partial charge in [-0.05, 0) is 34.7 Å². The first-order chi connectivity index (χ1) is 13.1. The van der Waals surface area contributed by atoms with E-state index in [4.69, 9.17) is 11.6 Å². The predicted molar refractivity (Wildman–Crippen MR) is 101 cm³/mol. The summed E-state index contributed by atoms with van der Waals surface area (Å²) in [5.74, 6) is 0.182. The Morgan fingerprint density at radius 3 is 2.89 bits per heavy atom. The lowest BCUT2D eigenvalue weighted by molar-refractivity contribution is -0.129.